The van der Waals surface area contributed by atoms with Gasteiger partial charge in [-0.2, -0.15) is 0 Å². The third-order valence-corrected chi connectivity index (χ3v) is 4.53. The van der Waals surface area contributed by atoms with Gasteiger partial charge < -0.3 is 24.1 Å². The number of hydrogen-bond donors (Lipinski definition) is 1. The summed E-state index contributed by atoms with van der Waals surface area (Å²) in [6.07, 6.45) is 2.39. The minimum Gasteiger partial charge on any atom is -0.493 e. The second-order valence-corrected chi connectivity index (χ2v) is 6.81. The number of methoxy groups -OCH3 is 2. The Morgan fingerprint density at radius 3 is 2.44 bits per heavy atom. The zero-order valence-corrected chi connectivity index (χ0v) is 18.2. The van der Waals surface area contributed by atoms with Gasteiger partial charge in [-0.3, -0.25) is 4.79 Å². The first-order chi connectivity index (χ1) is 15.5. The van der Waals surface area contributed by atoms with Gasteiger partial charge in [-0.15, -0.1) is 0 Å². The van der Waals surface area contributed by atoms with Crippen molar-refractivity contribution in [1.29, 1.82) is 0 Å². The summed E-state index contributed by atoms with van der Waals surface area (Å²) in [5, 5.41) is 6.37. The van der Waals surface area contributed by atoms with Crippen molar-refractivity contribution < 1.29 is 28.3 Å². The van der Waals surface area contributed by atoms with Gasteiger partial charge in [-0.25, -0.2) is 4.79 Å². The molecule has 2 aromatic carbocycles. The number of anilines is 1. The van der Waals surface area contributed by atoms with Gasteiger partial charge in [0.15, 0.2) is 17.3 Å². The molecule has 1 N–H and O–H groups in total. The van der Waals surface area contributed by atoms with E-state index in [-0.39, 0.29) is 11.4 Å². The molecular formula is C24H24N2O6. The second kappa shape index (κ2) is 10.3. The van der Waals surface area contributed by atoms with E-state index in [1.54, 1.807) is 55.5 Å². The predicted octanol–water partition coefficient (Wildman–Crippen LogP) is 4.57. The minimum atomic E-state index is -1.21. The maximum Gasteiger partial charge on any atom is 0.339 e. The van der Waals surface area contributed by atoms with E-state index in [0.717, 1.165) is 0 Å². The number of esters is 1. The molecule has 0 spiro atoms. The van der Waals surface area contributed by atoms with Gasteiger partial charge in [0.25, 0.3) is 5.91 Å². The van der Waals surface area contributed by atoms with Crippen molar-refractivity contribution in [2.24, 2.45) is 0 Å². The van der Waals surface area contributed by atoms with Gasteiger partial charge in [-0.1, -0.05) is 47.6 Å². The van der Waals surface area contributed by atoms with E-state index in [1.807, 2.05) is 13.0 Å². The van der Waals surface area contributed by atoms with Crippen molar-refractivity contribution in [1.82, 2.24) is 5.16 Å². The highest BCUT2D eigenvalue weighted by atomic mass is 16.5. The number of ether oxygens (including phenoxy) is 3. The van der Waals surface area contributed by atoms with Crippen LogP contribution < -0.4 is 14.8 Å². The lowest BCUT2D eigenvalue weighted by atomic mass is 10.1. The Balaban J connectivity index is 1.93. The van der Waals surface area contributed by atoms with Crippen LogP contribution >= 0.6 is 0 Å². The van der Waals surface area contributed by atoms with Crippen molar-refractivity contribution in [3.63, 3.8) is 0 Å². The molecule has 0 aliphatic heterocycles. The van der Waals surface area contributed by atoms with E-state index in [1.165, 1.54) is 20.3 Å². The molecule has 0 unspecified atom stereocenters. The molecule has 3 aromatic rings. The number of carbonyl (C=O) groups excluding carboxylic acids is 2. The summed E-state index contributed by atoms with van der Waals surface area (Å²) in [5.74, 6) is 0.361. The molecule has 8 nitrogen and oxygen atoms in total. The molecule has 3 rings (SSSR count). The van der Waals surface area contributed by atoms with Gasteiger partial charge in [0, 0.05) is 17.2 Å². The highest BCUT2D eigenvalue weighted by Crippen LogP contribution is 2.34. The average Bonchev–Trinajstić information content (AvgIpc) is 3.21. The summed E-state index contributed by atoms with van der Waals surface area (Å²) < 4.78 is 21.4. The molecule has 1 amide bonds. The number of amides is 1. The number of benzene rings is 2. The molecule has 0 aliphatic carbocycles. The van der Waals surface area contributed by atoms with Gasteiger partial charge in [0.2, 0.25) is 6.10 Å². The number of hydrogen-bond acceptors (Lipinski definition) is 7. The zero-order chi connectivity index (χ0) is 23.1. The highest BCUT2D eigenvalue weighted by Gasteiger charge is 2.27. The first-order valence-electron chi connectivity index (χ1n) is 9.85. The molecule has 0 aliphatic rings. The van der Waals surface area contributed by atoms with E-state index >= 15 is 0 Å². The molecule has 0 saturated carbocycles. The van der Waals surface area contributed by atoms with E-state index < -0.39 is 18.0 Å². The van der Waals surface area contributed by atoms with E-state index in [4.69, 9.17) is 18.7 Å². The fourth-order valence-electron chi connectivity index (χ4n) is 3.11. The monoisotopic (exact) mass is 436 g/mol. The third-order valence-electron chi connectivity index (χ3n) is 4.53. The Morgan fingerprint density at radius 1 is 1.09 bits per heavy atom. The van der Waals surface area contributed by atoms with Crippen LogP contribution in [0.1, 0.15) is 40.3 Å². The Kier molecular flexibility index (Phi) is 7.28. The Labute approximate surface area is 185 Å². The fourth-order valence-corrected chi connectivity index (χ4v) is 3.11. The number of aromatic nitrogens is 1. The van der Waals surface area contributed by atoms with Crippen molar-refractivity contribution >= 4 is 23.8 Å². The molecule has 1 heterocycles. The van der Waals surface area contributed by atoms with Crippen molar-refractivity contribution in [2.75, 3.05) is 19.5 Å². The number of allylic oxidation sites excluding steroid dienone is 1. The number of carbonyl (C=O) groups is 2. The van der Waals surface area contributed by atoms with E-state index in [2.05, 4.69) is 10.5 Å². The number of nitrogens with zero attached hydrogens (tertiary/aromatic N) is 1. The van der Waals surface area contributed by atoms with Gasteiger partial charge in [0.05, 0.1) is 19.8 Å². The molecule has 8 heteroatoms. The van der Waals surface area contributed by atoms with Crippen LogP contribution in [0, 0.1) is 6.92 Å². The summed E-state index contributed by atoms with van der Waals surface area (Å²) in [6.45, 7) is 3.55. The maximum absolute atomic E-state index is 13.1. The average molecular weight is 436 g/mol. The largest absolute Gasteiger partial charge is 0.493 e. The molecular weight excluding hydrogens is 412 g/mol. The predicted molar refractivity (Wildman–Crippen MR) is 119 cm³/mol. The van der Waals surface area contributed by atoms with Crippen LogP contribution in [-0.2, 0) is 9.53 Å². The van der Waals surface area contributed by atoms with E-state index in [0.29, 0.717) is 28.4 Å². The van der Waals surface area contributed by atoms with Crippen molar-refractivity contribution in [2.45, 2.75) is 20.0 Å². The lowest BCUT2D eigenvalue weighted by Crippen LogP contribution is -2.26. The smallest absolute Gasteiger partial charge is 0.339 e. The second-order valence-electron chi connectivity index (χ2n) is 6.81. The highest BCUT2D eigenvalue weighted by molar-refractivity contribution is 5.98. The molecule has 166 valence electrons. The van der Waals surface area contributed by atoms with Crippen LogP contribution in [0.2, 0.25) is 0 Å². The molecule has 0 bridgehead atoms. The summed E-state index contributed by atoms with van der Waals surface area (Å²) in [5.41, 5.74) is 1.36. The third kappa shape index (κ3) is 5.15. The lowest BCUT2D eigenvalue weighted by Gasteiger charge is -2.18. The standard InChI is InChI=1S/C24H24N2O6/c1-5-9-17-13-18(14-19(29-3)21(17)30-4)24(28)31-22(16-10-7-6-8-11-16)23(27)25-20-12-15(2)32-26-20/h5-14,22H,1-4H3,(H,25,26,27)/b9-5-/t22-/m0/s1. The zero-order valence-electron chi connectivity index (χ0n) is 18.2. The first kappa shape index (κ1) is 22.6. The summed E-state index contributed by atoms with van der Waals surface area (Å²) >= 11 is 0. The fraction of sp³-hybridized carbons (Fsp3) is 0.208. The van der Waals surface area contributed by atoms with Crippen LogP contribution in [0.15, 0.2) is 59.1 Å². The normalized spacial score (nSPS) is 11.8. The molecule has 0 saturated heterocycles. The topological polar surface area (TPSA) is 99.9 Å². The van der Waals surface area contributed by atoms with Crippen LogP contribution in [-0.4, -0.2) is 31.3 Å². The number of rotatable bonds is 8. The summed E-state index contributed by atoms with van der Waals surface area (Å²) in [4.78, 5) is 26.0. The summed E-state index contributed by atoms with van der Waals surface area (Å²) in [6, 6.07) is 13.4. The Morgan fingerprint density at radius 2 is 1.84 bits per heavy atom. The van der Waals surface area contributed by atoms with Crippen molar-refractivity contribution in [3.8, 4) is 11.5 Å². The molecule has 32 heavy (non-hydrogen) atoms. The Bertz CT molecular complexity index is 1120. The van der Waals surface area contributed by atoms with Crippen LogP contribution in [0.25, 0.3) is 6.08 Å². The van der Waals surface area contributed by atoms with Crippen LogP contribution in [0.3, 0.4) is 0 Å². The van der Waals surface area contributed by atoms with Gasteiger partial charge >= 0.3 is 5.97 Å². The Hall–Kier alpha value is -4.07. The van der Waals surface area contributed by atoms with Gasteiger partial charge in [-0.05, 0) is 26.0 Å². The van der Waals surface area contributed by atoms with Gasteiger partial charge in [0.1, 0.15) is 5.76 Å². The SMILES string of the molecule is C/C=C\c1cc(C(=O)O[C@H](C(=O)Nc2cc(C)on2)c2ccccc2)cc(OC)c1OC. The van der Waals surface area contributed by atoms with Crippen LogP contribution in [0.5, 0.6) is 11.5 Å². The number of aryl methyl sites for hydroxylation is 1. The quantitative estimate of drug-likeness (QED) is 0.516. The first-order valence-corrected chi connectivity index (χ1v) is 9.85. The molecule has 0 fully saturated rings. The lowest BCUT2D eigenvalue weighted by molar-refractivity contribution is -0.125. The maximum atomic E-state index is 13.1. The van der Waals surface area contributed by atoms with Crippen LogP contribution in [0.4, 0.5) is 5.82 Å². The van der Waals surface area contributed by atoms with E-state index in [9.17, 15) is 9.59 Å². The molecule has 1 atom stereocenters. The molecule has 1 aromatic heterocycles. The molecule has 0 radical (unpaired) electrons. The van der Waals surface area contributed by atoms with Crippen molar-refractivity contribution in [3.05, 3.63) is 77.1 Å². The minimum absolute atomic E-state index is 0.210. The summed E-state index contributed by atoms with van der Waals surface area (Å²) in [7, 11) is 3.00. The number of nitrogens with one attached hydrogen (secondary N) is 1.